The summed E-state index contributed by atoms with van der Waals surface area (Å²) < 4.78 is 15.0. The lowest BCUT2D eigenvalue weighted by atomic mass is 10.1. The summed E-state index contributed by atoms with van der Waals surface area (Å²) in [5, 5.41) is 14.6. The number of carbonyl (C=O) groups is 2. The molecule has 164 valence electrons. The van der Waals surface area contributed by atoms with Gasteiger partial charge >= 0.3 is 0 Å². The van der Waals surface area contributed by atoms with Crippen molar-refractivity contribution in [1.29, 1.82) is 5.26 Å². The number of nitrogens with one attached hydrogen (secondary N) is 2. The SMILES string of the molecule is Cc1cc(CNC(=O)c2cn3c(C(=O)NCc4cccc(C#N)c4)cccc3n2)ccc1F. The van der Waals surface area contributed by atoms with Crippen LogP contribution in [0.25, 0.3) is 5.65 Å². The van der Waals surface area contributed by atoms with Crippen molar-refractivity contribution in [3.05, 3.63) is 106 Å². The van der Waals surface area contributed by atoms with E-state index >= 15 is 0 Å². The lowest BCUT2D eigenvalue weighted by Gasteiger charge is -2.07. The summed E-state index contributed by atoms with van der Waals surface area (Å²) in [5.41, 5.74) is 3.54. The van der Waals surface area contributed by atoms with Gasteiger partial charge in [0.15, 0.2) is 0 Å². The van der Waals surface area contributed by atoms with Crippen molar-refractivity contribution in [1.82, 2.24) is 20.0 Å². The zero-order valence-electron chi connectivity index (χ0n) is 17.8. The molecule has 2 N–H and O–H groups in total. The molecule has 33 heavy (non-hydrogen) atoms. The standard InChI is InChI=1S/C25H20FN5O2/c1-16-10-19(8-9-20(16)26)14-28-24(32)21-15-31-22(6-3-7-23(31)30-21)25(33)29-13-18-5-2-4-17(11-18)12-27/h2-11,15H,13-14H2,1H3,(H,28,32)(H,29,33). The van der Waals surface area contributed by atoms with Crippen LogP contribution in [0.2, 0.25) is 0 Å². The summed E-state index contributed by atoms with van der Waals surface area (Å²) in [6.45, 7) is 2.14. The van der Waals surface area contributed by atoms with Gasteiger partial charge in [-0.15, -0.1) is 0 Å². The minimum atomic E-state index is -0.402. The summed E-state index contributed by atoms with van der Waals surface area (Å²) >= 11 is 0. The Balaban J connectivity index is 1.47. The predicted molar refractivity (Wildman–Crippen MR) is 120 cm³/mol. The van der Waals surface area contributed by atoms with Crippen LogP contribution in [0.3, 0.4) is 0 Å². The Morgan fingerprint density at radius 2 is 1.73 bits per heavy atom. The number of aromatic nitrogens is 2. The highest BCUT2D eigenvalue weighted by Crippen LogP contribution is 2.12. The van der Waals surface area contributed by atoms with E-state index in [9.17, 15) is 14.0 Å². The number of rotatable bonds is 6. The monoisotopic (exact) mass is 441 g/mol. The zero-order chi connectivity index (χ0) is 23.4. The van der Waals surface area contributed by atoms with Gasteiger partial charge in [0.05, 0.1) is 11.6 Å². The zero-order valence-corrected chi connectivity index (χ0v) is 17.8. The first-order valence-corrected chi connectivity index (χ1v) is 10.2. The fourth-order valence-electron chi connectivity index (χ4n) is 3.42. The molecule has 0 spiro atoms. The van der Waals surface area contributed by atoms with Crippen LogP contribution in [0, 0.1) is 24.1 Å². The highest BCUT2D eigenvalue weighted by atomic mass is 19.1. The van der Waals surface area contributed by atoms with Crippen molar-refractivity contribution in [2.75, 3.05) is 0 Å². The molecule has 4 rings (SSSR count). The van der Waals surface area contributed by atoms with Gasteiger partial charge in [0, 0.05) is 19.3 Å². The third kappa shape index (κ3) is 4.88. The van der Waals surface area contributed by atoms with Gasteiger partial charge in [-0.3, -0.25) is 14.0 Å². The Morgan fingerprint density at radius 3 is 2.48 bits per heavy atom. The molecular weight excluding hydrogens is 421 g/mol. The van der Waals surface area contributed by atoms with E-state index in [4.69, 9.17) is 5.26 Å². The maximum Gasteiger partial charge on any atom is 0.271 e. The lowest BCUT2D eigenvalue weighted by molar-refractivity contribution is 0.0935. The normalized spacial score (nSPS) is 10.6. The molecule has 2 aromatic carbocycles. The third-order valence-electron chi connectivity index (χ3n) is 5.14. The maximum absolute atomic E-state index is 13.4. The molecule has 2 aromatic heterocycles. The second-order valence-corrected chi connectivity index (χ2v) is 7.53. The van der Waals surface area contributed by atoms with E-state index in [1.165, 1.54) is 12.3 Å². The van der Waals surface area contributed by atoms with Crippen LogP contribution >= 0.6 is 0 Å². The number of hydrogen-bond acceptors (Lipinski definition) is 4. The highest BCUT2D eigenvalue weighted by Gasteiger charge is 2.15. The number of benzene rings is 2. The van der Waals surface area contributed by atoms with Crippen LogP contribution < -0.4 is 10.6 Å². The minimum absolute atomic E-state index is 0.163. The molecule has 0 unspecified atom stereocenters. The Morgan fingerprint density at radius 1 is 1.00 bits per heavy atom. The number of nitriles is 1. The molecule has 0 aliphatic heterocycles. The van der Waals surface area contributed by atoms with Crippen LogP contribution in [0.5, 0.6) is 0 Å². The molecule has 0 aliphatic rings. The predicted octanol–water partition coefficient (Wildman–Crippen LogP) is 3.51. The van der Waals surface area contributed by atoms with E-state index in [1.54, 1.807) is 59.9 Å². The number of imidazole rings is 1. The minimum Gasteiger partial charge on any atom is -0.347 e. The topological polar surface area (TPSA) is 99.3 Å². The first-order valence-electron chi connectivity index (χ1n) is 10.2. The van der Waals surface area contributed by atoms with E-state index in [0.717, 1.165) is 11.1 Å². The van der Waals surface area contributed by atoms with Gasteiger partial charge in [0.2, 0.25) is 0 Å². The number of carbonyl (C=O) groups excluding carboxylic acids is 2. The Bertz CT molecular complexity index is 1400. The molecule has 0 saturated heterocycles. The molecule has 0 aliphatic carbocycles. The highest BCUT2D eigenvalue weighted by molar-refractivity contribution is 5.95. The Kier molecular flexibility index (Phi) is 6.13. The van der Waals surface area contributed by atoms with Crippen LogP contribution in [0.4, 0.5) is 4.39 Å². The summed E-state index contributed by atoms with van der Waals surface area (Å²) in [5.74, 6) is -1.04. The van der Waals surface area contributed by atoms with Crippen LogP contribution in [-0.2, 0) is 13.1 Å². The Labute approximate surface area is 189 Å². The molecule has 0 bridgehead atoms. The van der Waals surface area contributed by atoms with Gasteiger partial charge in [-0.25, -0.2) is 9.37 Å². The fourth-order valence-corrected chi connectivity index (χ4v) is 3.42. The Hall–Kier alpha value is -4.51. The molecule has 7 nitrogen and oxygen atoms in total. The number of halogens is 1. The molecule has 0 atom stereocenters. The second kappa shape index (κ2) is 9.32. The van der Waals surface area contributed by atoms with Gasteiger partial charge in [-0.1, -0.05) is 30.3 Å². The molecular formula is C25H20FN5O2. The summed E-state index contributed by atoms with van der Waals surface area (Å²) in [6.07, 6.45) is 1.51. The molecule has 0 saturated carbocycles. The maximum atomic E-state index is 13.4. The van der Waals surface area contributed by atoms with Gasteiger partial charge < -0.3 is 10.6 Å². The van der Waals surface area contributed by atoms with Gasteiger partial charge in [0.1, 0.15) is 22.9 Å². The van der Waals surface area contributed by atoms with E-state index in [2.05, 4.69) is 21.7 Å². The quantitative estimate of drug-likeness (QED) is 0.478. The number of pyridine rings is 1. The average molecular weight is 441 g/mol. The number of nitrogens with zero attached hydrogens (tertiary/aromatic N) is 3. The summed E-state index contributed by atoms with van der Waals surface area (Å²) in [7, 11) is 0. The van der Waals surface area contributed by atoms with Crippen LogP contribution in [-0.4, -0.2) is 21.2 Å². The van der Waals surface area contributed by atoms with Gasteiger partial charge in [0.25, 0.3) is 11.8 Å². The van der Waals surface area contributed by atoms with E-state index in [-0.39, 0.29) is 30.5 Å². The summed E-state index contributed by atoms with van der Waals surface area (Å²) in [4.78, 5) is 29.7. The number of fused-ring (bicyclic) bond motifs is 1. The fraction of sp³-hybridized carbons (Fsp3) is 0.120. The third-order valence-corrected chi connectivity index (χ3v) is 5.14. The van der Waals surface area contributed by atoms with Crippen molar-refractivity contribution in [2.45, 2.75) is 20.0 Å². The molecule has 0 radical (unpaired) electrons. The van der Waals surface area contributed by atoms with Crippen molar-refractivity contribution in [3.63, 3.8) is 0 Å². The number of aryl methyl sites for hydroxylation is 1. The van der Waals surface area contributed by atoms with Crippen LogP contribution in [0.1, 0.15) is 43.2 Å². The smallest absolute Gasteiger partial charge is 0.271 e. The van der Waals surface area contributed by atoms with Crippen LogP contribution in [0.15, 0.2) is 66.9 Å². The number of amides is 2. The van der Waals surface area contributed by atoms with E-state index < -0.39 is 5.91 Å². The first-order chi connectivity index (χ1) is 15.9. The summed E-state index contributed by atoms with van der Waals surface area (Å²) in [6, 6.07) is 18.7. The molecule has 2 amide bonds. The van der Waals surface area contributed by atoms with Crippen molar-refractivity contribution < 1.29 is 14.0 Å². The second-order valence-electron chi connectivity index (χ2n) is 7.53. The molecule has 8 heteroatoms. The average Bonchev–Trinajstić information content (AvgIpc) is 3.28. The van der Waals surface area contributed by atoms with Gasteiger partial charge in [-0.2, -0.15) is 5.26 Å². The molecule has 4 aromatic rings. The van der Waals surface area contributed by atoms with Gasteiger partial charge in [-0.05, 0) is 53.9 Å². The van der Waals surface area contributed by atoms with E-state index in [0.29, 0.717) is 22.5 Å². The number of hydrogen-bond donors (Lipinski definition) is 2. The van der Waals surface area contributed by atoms with E-state index in [1.807, 2.05) is 6.07 Å². The van der Waals surface area contributed by atoms with Crippen molar-refractivity contribution in [3.8, 4) is 6.07 Å². The first kappa shape index (κ1) is 21.7. The molecule has 2 heterocycles. The lowest BCUT2D eigenvalue weighted by Crippen LogP contribution is -2.25. The van der Waals surface area contributed by atoms with Crippen molar-refractivity contribution >= 4 is 17.5 Å². The van der Waals surface area contributed by atoms with Crippen molar-refractivity contribution in [2.24, 2.45) is 0 Å². The largest absolute Gasteiger partial charge is 0.347 e. The molecule has 0 fully saturated rings.